The van der Waals surface area contributed by atoms with Crippen molar-refractivity contribution < 1.29 is 13.2 Å². The molecular formula is C23H24N2O3S. The van der Waals surface area contributed by atoms with Crippen LogP contribution in [-0.2, 0) is 10.0 Å². The predicted octanol–water partition coefficient (Wildman–Crippen LogP) is 3.91. The molecule has 150 valence electrons. The maximum Gasteiger partial charge on any atom is 0.254 e. The number of aryl methyl sites for hydroxylation is 1. The fourth-order valence-electron chi connectivity index (χ4n) is 3.09. The van der Waals surface area contributed by atoms with Gasteiger partial charge in [0.25, 0.3) is 5.91 Å². The lowest BCUT2D eigenvalue weighted by molar-refractivity contribution is 0.0943. The van der Waals surface area contributed by atoms with E-state index in [9.17, 15) is 13.2 Å². The van der Waals surface area contributed by atoms with Crippen molar-refractivity contribution in [2.24, 2.45) is 0 Å². The molecular weight excluding hydrogens is 384 g/mol. The Bertz CT molecular complexity index is 1090. The van der Waals surface area contributed by atoms with Crippen LogP contribution in [0.5, 0.6) is 0 Å². The summed E-state index contributed by atoms with van der Waals surface area (Å²) in [5.74, 6) is -0.342. The van der Waals surface area contributed by atoms with Gasteiger partial charge in [0.05, 0.1) is 23.5 Å². The van der Waals surface area contributed by atoms with Crippen LogP contribution < -0.4 is 9.62 Å². The third-order valence-electron chi connectivity index (χ3n) is 4.80. The summed E-state index contributed by atoms with van der Waals surface area (Å²) in [4.78, 5) is 13.2. The molecule has 0 aromatic heterocycles. The summed E-state index contributed by atoms with van der Waals surface area (Å²) in [5.41, 5.74) is 3.66. The molecule has 3 aromatic rings. The normalized spacial score (nSPS) is 12.2. The zero-order valence-electron chi connectivity index (χ0n) is 16.7. The van der Waals surface area contributed by atoms with Gasteiger partial charge in [0, 0.05) is 7.05 Å². The van der Waals surface area contributed by atoms with Gasteiger partial charge in [-0.2, -0.15) is 0 Å². The Hall–Kier alpha value is -3.12. The molecule has 0 spiro atoms. The number of carbonyl (C=O) groups excluding carboxylic acids is 1. The number of para-hydroxylation sites is 1. The first-order valence-corrected chi connectivity index (χ1v) is 11.1. The van der Waals surface area contributed by atoms with E-state index in [0.29, 0.717) is 11.3 Å². The van der Waals surface area contributed by atoms with E-state index in [4.69, 9.17) is 0 Å². The summed E-state index contributed by atoms with van der Waals surface area (Å²) >= 11 is 0. The van der Waals surface area contributed by atoms with E-state index >= 15 is 0 Å². The molecule has 3 aromatic carbocycles. The van der Waals surface area contributed by atoms with Crippen molar-refractivity contribution in [2.75, 3.05) is 17.6 Å². The van der Waals surface area contributed by atoms with Crippen LogP contribution >= 0.6 is 0 Å². The molecule has 0 aliphatic heterocycles. The number of benzene rings is 3. The van der Waals surface area contributed by atoms with Gasteiger partial charge in [0.1, 0.15) is 0 Å². The van der Waals surface area contributed by atoms with Gasteiger partial charge in [-0.15, -0.1) is 0 Å². The molecule has 1 atom stereocenters. The molecule has 0 bridgehead atoms. The minimum Gasteiger partial charge on any atom is -0.341 e. The van der Waals surface area contributed by atoms with Crippen molar-refractivity contribution in [3.63, 3.8) is 0 Å². The summed E-state index contributed by atoms with van der Waals surface area (Å²) in [5, 5.41) is 3.07. The summed E-state index contributed by atoms with van der Waals surface area (Å²) in [6.45, 7) is 2.01. The highest BCUT2D eigenvalue weighted by Crippen LogP contribution is 2.26. The maximum atomic E-state index is 13.2. The quantitative estimate of drug-likeness (QED) is 0.672. The molecule has 0 saturated carbocycles. The fourth-order valence-corrected chi connectivity index (χ4v) is 3.61. The molecule has 0 unspecified atom stereocenters. The van der Waals surface area contributed by atoms with Crippen LogP contribution in [0, 0.1) is 6.92 Å². The van der Waals surface area contributed by atoms with E-state index in [1.165, 1.54) is 7.05 Å². The Morgan fingerprint density at radius 1 is 0.862 bits per heavy atom. The highest BCUT2D eigenvalue weighted by atomic mass is 32.2. The molecule has 5 nitrogen and oxygen atoms in total. The van der Waals surface area contributed by atoms with Crippen molar-refractivity contribution in [1.82, 2.24) is 5.32 Å². The third-order valence-corrected chi connectivity index (χ3v) is 6.00. The molecule has 3 rings (SSSR count). The van der Waals surface area contributed by atoms with Gasteiger partial charge in [-0.3, -0.25) is 9.10 Å². The van der Waals surface area contributed by atoms with E-state index in [2.05, 4.69) is 5.32 Å². The van der Waals surface area contributed by atoms with Crippen molar-refractivity contribution in [2.45, 2.75) is 13.0 Å². The van der Waals surface area contributed by atoms with Gasteiger partial charge in [-0.1, -0.05) is 72.3 Å². The van der Waals surface area contributed by atoms with Crippen LogP contribution in [0.1, 0.15) is 33.1 Å². The van der Waals surface area contributed by atoms with Crippen LogP contribution in [0.2, 0.25) is 0 Å². The Labute approximate surface area is 172 Å². The van der Waals surface area contributed by atoms with Crippen molar-refractivity contribution in [3.8, 4) is 0 Å². The molecule has 29 heavy (non-hydrogen) atoms. The zero-order chi connectivity index (χ0) is 21.0. The topological polar surface area (TPSA) is 66.5 Å². The molecule has 1 N–H and O–H groups in total. The van der Waals surface area contributed by atoms with E-state index in [1.807, 2.05) is 61.5 Å². The lowest BCUT2D eigenvalue weighted by atomic mass is 9.97. The SMILES string of the molecule is Cc1ccc([C@H](NC(=O)c2ccccc2N(C)S(C)(=O)=O)c2ccccc2)cc1. The average Bonchev–Trinajstić information content (AvgIpc) is 2.72. The first-order chi connectivity index (χ1) is 13.8. The molecule has 0 aliphatic rings. The second-order valence-electron chi connectivity index (χ2n) is 6.98. The molecule has 0 aliphatic carbocycles. The minimum absolute atomic E-state index is 0.300. The molecule has 0 radical (unpaired) electrons. The van der Waals surface area contributed by atoms with Crippen LogP contribution in [0.25, 0.3) is 0 Å². The number of sulfonamides is 1. The molecule has 0 saturated heterocycles. The Morgan fingerprint density at radius 3 is 2.03 bits per heavy atom. The number of hydrogen-bond donors (Lipinski definition) is 1. The number of nitrogens with zero attached hydrogens (tertiary/aromatic N) is 1. The van der Waals surface area contributed by atoms with Crippen LogP contribution in [-0.4, -0.2) is 27.6 Å². The van der Waals surface area contributed by atoms with Gasteiger partial charge in [-0.05, 0) is 30.2 Å². The molecule has 0 heterocycles. The minimum atomic E-state index is -3.50. The largest absolute Gasteiger partial charge is 0.341 e. The number of amides is 1. The van der Waals surface area contributed by atoms with E-state index in [1.54, 1.807) is 24.3 Å². The second kappa shape index (κ2) is 8.49. The van der Waals surface area contributed by atoms with Crippen molar-refractivity contribution in [1.29, 1.82) is 0 Å². The van der Waals surface area contributed by atoms with Gasteiger partial charge in [0.15, 0.2) is 0 Å². The molecule has 0 fully saturated rings. The van der Waals surface area contributed by atoms with Crippen LogP contribution in [0.3, 0.4) is 0 Å². The molecule has 6 heteroatoms. The predicted molar refractivity (Wildman–Crippen MR) is 117 cm³/mol. The number of anilines is 1. The third kappa shape index (κ3) is 4.84. The maximum absolute atomic E-state index is 13.2. The zero-order valence-corrected chi connectivity index (χ0v) is 17.5. The number of hydrogen-bond acceptors (Lipinski definition) is 3. The smallest absolute Gasteiger partial charge is 0.254 e. The van der Waals surface area contributed by atoms with Crippen LogP contribution in [0.4, 0.5) is 5.69 Å². The summed E-state index contributed by atoms with van der Waals surface area (Å²) < 4.78 is 25.1. The highest BCUT2D eigenvalue weighted by Gasteiger charge is 2.23. The summed E-state index contributed by atoms with van der Waals surface area (Å²) in [7, 11) is -2.06. The highest BCUT2D eigenvalue weighted by molar-refractivity contribution is 7.92. The van der Waals surface area contributed by atoms with E-state index < -0.39 is 10.0 Å². The van der Waals surface area contributed by atoms with E-state index in [0.717, 1.165) is 27.3 Å². The number of carbonyl (C=O) groups is 1. The van der Waals surface area contributed by atoms with Gasteiger partial charge in [0.2, 0.25) is 10.0 Å². The standard InChI is InChI=1S/C23H24N2O3S/c1-17-13-15-19(16-14-17)22(18-9-5-4-6-10-18)24-23(26)20-11-7-8-12-21(20)25(2)29(3,27)28/h4-16,22H,1-3H3,(H,24,26)/t22-/m1/s1. The second-order valence-corrected chi connectivity index (χ2v) is 8.99. The lowest BCUT2D eigenvalue weighted by Crippen LogP contribution is -2.32. The Kier molecular flexibility index (Phi) is 6.03. The Balaban J connectivity index is 1.99. The summed E-state index contributed by atoms with van der Waals surface area (Å²) in [6.07, 6.45) is 1.11. The van der Waals surface area contributed by atoms with E-state index in [-0.39, 0.29) is 11.9 Å². The lowest BCUT2D eigenvalue weighted by Gasteiger charge is -2.23. The van der Waals surface area contributed by atoms with Crippen molar-refractivity contribution in [3.05, 3.63) is 101 Å². The van der Waals surface area contributed by atoms with Gasteiger partial charge in [-0.25, -0.2) is 8.42 Å². The first kappa shape index (κ1) is 20.6. The number of nitrogens with one attached hydrogen (secondary N) is 1. The molecule has 1 amide bonds. The first-order valence-electron chi connectivity index (χ1n) is 9.22. The monoisotopic (exact) mass is 408 g/mol. The van der Waals surface area contributed by atoms with Gasteiger partial charge >= 0.3 is 0 Å². The Morgan fingerprint density at radius 2 is 1.41 bits per heavy atom. The fraction of sp³-hybridized carbons (Fsp3) is 0.174. The van der Waals surface area contributed by atoms with Crippen molar-refractivity contribution >= 4 is 21.6 Å². The number of rotatable bonds is 6. The van der Waals surface area contributed by atoms with Crippen LogP contribution in [0.15, 0.2) is 78.9 Å². The average molecular weight is 409 g/mol. The summed E-state index contributed by atoms with van der Waals surface area (Å²) in [6, 6.07) is 24.0. The van der Waals surface area contributed by atoms with Gasteiger partial charge < -0.3 is 5.32 Å².